The van der Waals surface area contributed by atoms with E-state index in [4.69, 9.17) is 0 Å². The van der Waals surface area contributed by atoms with Crippen molar-refractivity contribution in [1.29, 1.82) is 0 Å². The Kier molecular flexibility index (Phi) is 5.28. The molecule has 0 bridgehead atoms. The van der Waals surface area contributed by atoms with E-state index in [9.17, 15) is 4.79 Å². The third-order valence-corrected chi connectivity index (χ3v) is 6.07. The number of benzene rings is 1. The minimum absolute atomic E-state index is 0. The van der Waals surface area contributed by atoms with Crippen molar-refractivity contribution in [3.63, 3.8) is 0 Å². The number of amides is 1. The molecule has 3 nitrogen and oxygen atoms in total. The van der Waals surface area contributed by atoms with Gasteiger partial charge in [-0.2, -0.15) is 11.3 Å². The van der Waals surface area contributed by atoms with E-state index in [1.807, 2.05) is 30.3 Å². The van der Waals surface area contributed by atoms with Crippen LogP contribution in [0.5, 0.6) is 0 Å². The van der Waals surface area contributed by atoms with E-state index < -0.39 is 0 Å². The second-order valence-electron chi connectivity index (χ2n) is 6.76. The molecule has 0 radical (unpaired) electrons. The van der Waals surface area contributed by atoms with Crippen molar-refractivity contribution in [2.75, 3.05) is 13.1 Å². The molecule has 1 aromatic heterocycles. The van der Waals surface area contributed by atoms with Gasteiger partial charge in [-0.05, 0) is 72.3 Å². The number of carbonyl (C=O) groups excluding carboxylic acids is 1. The highest BCUT2D eigenvalue weighted by atomic mass is 35.5. The zero-order valence-electron chi connectivity index (χ0n) is 13.6. The van der Waals surface area contributed by atoms with Crippen molar-refractivity contribution in [2.24, 2.45) is 5.41 Å². The van der Waals surface area contributed by atoms with Crippen molar-refractivity contribution in [2.45, 2.75) is 31.8 Å². The SMILES string of the molecule is Cl.O=C(c1ccccc1)N(Cc1ccsc1)C1CC12CCNCC2. The molecule has 1 amide bonds. The monoisotopic (exact) mass is 362 g/mol. The van der Waals surface area contributed by atoms with Gasteiger partial charge in [-0.15, -0.1) is 12.4 Å². The van der Waals surface area contributed by atoms with Crippen molar-refractivity contribution in [3.8, 4) is 0 Å². The van der Waals surface area contributed by atoms with Gasteiger partial charge in [0.15, 0.2) is 0 Å². The molecular formula is C19H23ClN2OS. The van der Waals surface area contributed by atoms with Gasteiger partial charge in [0.1, 0.15) is 0 Å². The number of piperidine rings is 1. The third kappa shape index (κ3) is 3.37. The van der Waals surface area contributed by atoms with Crippen LogP contribution in [0.15, 0.2) is 47.2 Å². The molecule has 24 heavy (non-hydrogen) atoms. The Morgan fingerprint density at radius 3 is 2.62 bits per heavy atom. The largest absolute Gasteiger partial charge is 0.331 e. The van der Waals surface area contributed by atoms with Gasteiger partial charge in [-0.1, -0.05) is 18.2 Å². The smallest absolute Gasteiger partial charge is 0.254 e. The van der Waals surface area contributed by atoms with Crippen LogP contribution in [0.1, 0.15) is 35.2 Å². The molecule has 5 heteroatoms. The summed E-state index contributed by atoms with van der Waals surface area (Å²) in [5, 5.41) is 7.69. The number of nitrogens with one attached hydrogen (secondary N) is 1. The molecule has 1 unspecified atom stereocenters. The summed E-state index contributed by atoms with van der Waals surface area (Å²) >= 11 is 1.70. The number of hydrogen-bond acceptors (Lipinski definition) is 3. The van der Waals surface area contributed by atoms with Crippen LogP contribution >= 0.6 is 23.7 Å². The molecule has 1 aromatic carbocycles. The van der Waals surface area contributed by atoms with Crippen LogP contribution in [-0.2, 0) is 6.54 Å². The molecule has 1 saturated heterocycles. The van der Waals surface area contributed by atoms with Gasteiger partial charge >= 0.3 is 0 Å². The molecule has 2 aromatic rings. The van der Waals surface area contributed by atoms with Gasteiger partial charge in [-0.3, -0.25) is 4.79 Å². The lowest BCUT2D eigenvalue weighted by Crippen LogP contribution is -2.39. The van der Waals surface area contributed by atoms with E-state index in [0.717, 1.165) is 31.6 Å². The van der Waals surface area contributed by atoms with Gasteiger partial charge in [0, 0.05) is 18.2 Å². The molecule has 2 aliphatic rings. The number of carbonyl (C=O) groups is 1. The molecule has 4 rings (SSSR count). The van der Waals surface area contributed by atoms with Gasteiger partial charge in [0.05, 0.1) is 0 Å². The first-order valence-electron chi connectivity index (χ1n) is 8.36. The molecule has 2 heterocycles. The number of nitrogens with zero attached hydrogens (tertiary/aromatic N) is 1. The van der Waals surface area contributed by atoms with Crippen LogP contribution in [-0.4, -0.2) is 29.9 Å². The van der Waals surface area contributed by atoms with Crippen molar-refractivity contribution >= 4 is 29.7 Å². The standard InChI is InChI=1S/C19H22N2OS.ClH/c22-18(16-4-2-1-3-5-16)21(13-15-6-11-23-14-15)17-12-19(17)7-9-20-10-8-19;/h1-6,11,14,17,20H,7-10,12-13H2;1H. The van der Waals surface area contributed by atoms with Crippen molar-refractivity contribution < 1.29 is 4.79 Å². The Hall–Kier alpha value is -1.36. The highest BCUT2D eigenvalue weighted by Crippen LogP contribution is 2.56. The summed E-state index contributed by atoms with van der Waals surface area (Å²) in [6.07, 6.45) is 3.55. The summed E-state index contributed by atoms with van der Waals surface area (Å²) in [7, 11) is 0. The molecule has 2 fully saturated rings. The first-order chi connectivity index (χ1) is 11.3. The number of halogens is 1. The Balaban J connectivity index is 0.00000169. The fraction of sp³-hybridized carbons (Fsp3) is 0.421. The van der Waals surface area contributed by atoms with Crippen molar-refractivity contribution in [1.82, 2.24) is 10.2 Å². The molecule has 1 spiro atoms. The molecule has 1 N–H and O–H groups in total. The fourth-order valence-electron chi connectivity index (χ4n) is 3.88. The maximum Gasteiger partial charge on any atom is 0.254 e. The van der Waals surface area contributed by atoms with E-state index in [1.54, 1.807) is 11.3 Å². The topological polar surface area (TPSA) is 32.3 Å². The van der Waals surface area contributed by atoms with Gasteiger partial charge < -0.3 is 10.2 Å². The maximum atomic E-state index is 13.1. The third-order valence-electron chi connectivity index (χ3n) is 5.34. The average molecular weight is 363 g/mol. The van der Waals surface area contributed by atoms with Gasteiger partial charge in [-0.25, -0.2) is 0 Å². The zero-order chi connectivity index (χ0) is 15.7. The lowest BCUT2D eigenvalue weighted by Gasteiger charge is -2.29. The summed E-state index contributed by atoms with van der Waals surface area (Å²) in [6, 6.07) is 12.3. The summed E-state index contributed by atoms with van der Waals surface area (Å²) in [5.41, 5.74) is 2.42. The predicted octanol–water partition coefficient (Wildman–Crippen LogP) is 3.95. The van der Waals surface area contributed by atoms with Crippen LogP contribution in [0, 0.1) is 5.41 Å². The van der Waals surface area contributed by atoms with E-state index >= 15 is 0 Å². The molecule has 1 aliphatic heterocycles. The van der Waals surface area contributed by atoms with Crippen LogP contribution in [0.3, 0.4) is 0 Å². The molecule has 128 valence electrons. The van der Waals surface area contributed by atoms with Crippen LogP contribution in [0.2, 0.25) is 0 Å². The minimum atomic E-state index is 0. The Bertz CT molecular complexity index is 668. The lowest BCUT2D eigenvalue weighted by atomic mass is 9.93. The quantitative estimate of drug-likeness (QED) is 0.893. The fourth-order valence-corrected chi connectivity index (χ4v) is 4.54. The second-order valence-corrected chi connectivity index (χ2v) is 7.54. The maximum absolute atomic E-state index is 13.1. The second kappa shape index (κ2) is 7.26. The van der Waals surface area contributed by atoms with Gasteiger partial charge in [0.25, 0.3) is 5.91 Å². The summed E-state index contributed by atoms with van der Waals surface area (Å²) in [4.78, 5) is 15.2. The molecular weight excluding hydrogens is 340 g/mol. The Labute approximate surface area is 153 Å². The first-order valence-corrected chi connectivity index (χ1v) is 9.31. The van der Waals surface area contributed by atoms with Crippen LogP contribution in [0.25, 0.3) is 0 Å². The summed E-state index contributed by atoms with van der Waals surface area (Å²) in [6.45, 7) is 2.90. The van der Waals surface area contributed by atoms with E-state index in [2.05, 4.69) is 27.0 Å². The lowest BCUT2D eigenvalue weighted by molar-refractivity contribution is 0.0692. The van der Waals surface area contributed by atoms with Crippen molar-refractivity contribution in [3.05, 3.63) is 58.3 Å². The number of thiophene rings is 1. The van der Waals surface area contributed by atoms with Gasteiger partial charge in [0.2, 0.25) is 0 Å². The molecule has 1 saturated carbocycles. The van der Waals surface area contributed by atoms with E-state index in [-0.39, 0.29) is 18.3 Å². The van der Waals surface area contributed by atoms with Crippen LogP contribution in [0.4, 0.5) is 0 Å². The first kappa shape index (κ1) is 17.5. The summed E-state index contributed by atoms with van der Waals surface area (Å²) in [5.74, 6) is 0.178. The molecule has 1 aliphatic carbocycles. The number of rotatable bonds is 4. The Morgan fingerprint density at radius 2 is 1.96 bits per heavy atom. The average Bonchev–Trinajstić information content (AvgIpc) is 3.04. The zero-order valence-corrected chi connectivity index (χ0v) is 15.2. The molecule has 1 atom stereocenters. The Morgan fingerprint density at radius 1 is 1.21 bits per heavy atom. The van der Waals surface area contributed by atoms with Crippen LogP contribution < -0.4 is 5.32 Å². The summed E-state index contributed by atoms with van der Waals surface area (Å²) < 4.78 is 0. The van der Waals surface area contributed by atoms with E-state index in [1.165, 1.54) is 18.4 Å². The van der Waals surface area contributed by atoms with E-state index in [0.29, 0.717) is 11.5 Å². The highest BCUT2D eigenvalue weighted by Gasteiger charge is 2.57. The minimum Gasteiger partial charge on any atom is -0.331 e. The predicted molar refractivity (Wildman–Crippen MR) is 101 cm³/mol. The normalized spacial score (nSPS) is 21.1. The number of hydrogen-bond donors (Lipinski definition) is 1. The highest BCUT2D eigenvalue weighted by molar-refractivity contribution is 7.07.